The summed E-state index contributed by atoms with van der Waals surface area (Å²) < 4.78 is 21.6. The zero-order chi connectivity index (χ0) is 17.0. The number of ether oxygens (including phenoxy) is 4. The zero-order valence-corrected chi connectivity index (χ0v) is 15.3. The molecular weight excluding hydrogens is 296 g/mol. The smallest absolute Gasteiger partial charge is 0.0701 e. The summed E-state index contributed by atoms with van der Waals surface area (Å²) in [5.41, 5.74) is 0. The summed E-state index contributed by atoms with van der Waals surface area (Å²) in [6, 6.07) is 0. The number of hydrogen-bond donors (Lipinski definition) is 1. The summed E-state index contributed by atoms with van der Waals surface area (Å²) >= 11 is 0. The minimum absolute atomic E-state index is 0.0564. The molecule has 0 saturated carbocycles. The topological polar surface area (TPSA) is 57.2 Å². The first-order chi connectivity index (χ1) is 11.3. The van der Waals surface area contributed by atoms with Gasteiger partial charge in [-0.2, -0.15) is 0 Å². The molecule has 23 heavy (non-hydrogen) atoms. The van der Waals surface area contributed by atoms with Gasteiger partial charge in [0.05, 0.1) is 52.9 Å². The van der Waals surface area contributed by atoms with Crippen molar-refractivity contribution in [3.8, 4) is 0 Å². The molecule has 5 nitrogen and oxygen atoms in total. The second-order valence-electron chi connectivity index (χ2n) is 5.79. The van der Waals surface area contributed by atoms with Gasteiger partial charge in [0.25, 0.3) is 0 Å². The summed E-state index contributed by atoms with van der Waals surface area (Å²) in [5.74, 6) is 0.703. The number of unbranched alkanes of at least 4 members (excludes halogenated alkanes) is 2. The van der Waals surface area contributed by atoms with Crippen LogP contribution in [0.1, 0.15) is 52.4 Å². The second kappa shape index (κ2) is 19.8. The van der Waals surface area contributed by atoms with Gasteiger partial charge in [0.2, 0.25) is 0 Å². The molecule has 0 aromatic rings. The number of rotatable bonds is 19. The molecule has 0 amide bonds. The Labute approximate surface area is 142 Å². The average Bonchev–Trinajstić information content (AvgIpc) is 2.56. The fourth-order valence-electron chi connectivity index (χ4n) is 2.38. The molecule has 0 heterocycles. The largest absolute Gasteiger partial charge is 0.394 e. The highest BCUT2D eigenvalue weighted by Gasteiger charge is 2.07. The molecule has 0 aromatic heterocycles. The molecular formula is C18H38O5. The van der Waals surface area contributed by atoms with Crippen molar-refractivity contribution in [1.82, 2.24) is 0 Å². The van der Waals surface area contributed by atoms with Crippen molar-refractivity contribution < 1.29 is 24.1 Å². The quantitative estimate of drug-likeness (QED) is 0.368. The van der Waals surface area contributed by atoms with E-state index in [0.29, 0.717) is 52.2 Å². The molecule has 0 fully saturated rings. The molecule has 0 aliphatic heterocycles. The first-order valence-corrected chi connectivity index (χ1v) is 9.26. The van der Waals surface area contributed by atoms with E-state index in [4.69, 9.17) is 24.1 Å². The van der Waals surface area contributed by atoms with Gasteiger partial charge in [-0.1, -0.05) is 39.5 Å². The van der Waals surface area contributed by atoms with Crippen molar-refractivity contribution in [3.05, 3.63) is 0 Å². The zero-order valence-electron chi connectivity index (χ0n) is 15.3. The fraction of sp³-hybridized carbons (Fsp3) is 1.00. The molecule has 140 valence electrons. The summed E-state index contributed by atoms with van der Waals surface area (Å²) in [6.07, 6.45) is 7.71. The van der Waals surface area contributed by atoms with E-state index in [9.17, 15) is 0 Å². The van der Waals surface area contributed by atoms with Crippen molar-refractivity contribution in [2.45, 2.75) is 52.4 Å². The SMILES string of the molecule is CCCCCC(CCC)COCCOCCOCCOCCO. The Hall–Kier alpha value is -0.200. The van der Waals surface area contributed by atoms with Gasteiger partial charge < -0.3 is 24.1 Å². The van der Waals surface area contributed by atoms with E-state index < -0.39 is 0 Å². The highest BCUT2D eigenvalue weighted by Crippen LogP contribution is 2.16. The van der Waals surface area contributed by atoms with Crippen molar-refractivity contribution in [3.63, 3.8) is 0 Å². The monoisotopic (exact) mass is 334 g/mol. The summed E-state index contributed by atoms with van der Waals surface area (Å²) in [7, 11) is 0. The molecule has 0 saturated heterocycles. The van der Waals surface area contributed by atoms with Crippen molar-refractivity contribution >= 4 is 0 Å². The molecule has 5 heteroatoms. The lowest BCUT2D eigenvalue weighted by molar-refractivity contribution is -0.00969. The van der Waals surface area contributed by atoms with Gasteiger partial charge in [0, 0.05) is 6.61 Å². The summed E-state index contributed by atoms with van der Waals surface area (Å²) in [5, 5.41) is 8.53. The molecule has 0 rings (SSSR count). The molecule has 0 radical (unpaired) electrons. The number of aliphatic hydroxyl groups is 1. The van der Waals surface area contributed by atoms with Gasteiger partial charge in [-0.15, -0.1) is 0 Å². The minimum atomic E-state index is 0.0564. The van der Waals surface area contributed by atoms with Gasteiger partial charge in [-0.25, -0.2) is 0 Å². The summed E-state index contributed by atoms with van der Waals surface area (Å²) in [6.45, 7) is 9.26. The van der Waals surface area contributed by atoms with Gasteiger partial charge in [-0.05, 0) is 18.8 Å². The maximum Gasteiger partial charge on any atom is 0.0701 e. The first kappa shape index (κ1) is 22.8. The van der Waals surface area contributed by atoms with Crippen LogP contribution in [0.4, 0.5) is 0 Å². The van der Waals surface area contributed by atoms with Crippen LogP contribution in [0.2, 0.25) is 0 Å². The van der Waals surface area contributed by atoms with E-state index >= 15 is 0 Å². The van der Waals surface area contributed by atoms with Gasteiger partial charge in [0.15, 0.2) is 0 Å². The third kappa shape index (κ3) is 18.0. The van der Waals surface area contributed by atoms with Gasteiger partial charge >= 0.3 is 0 Å². The van der Waals surface area contributed by atoms with E-state index in [0.717, 1.165) is 6.61 Å². The van der Waals surface area contributed by atoms with Crippen LogP contribution in [0.5, 0.6) is 0 Å². The fourth-order valence-corrected chi connectivity index (χ4v) is 2.38. The Morgan fingerprint density at radius 3 is 1.74 bits per heavy atom. The number of aliphatic hydroxyl groups excluding tert-OH is 1. The van der Waals surface area contributed by atoms with Crippen molar-refractivity contribution in [2.24, 2.45) is 5.92 Å². The predicted octanol–water partition coefficient (Wildman–Crippen LogP) is 3.04. The highest BCUT2D eigenvalue weighted by molar-refractivity contribution is 4.58. The van der Waals surface area contributed by atoms with Crippen LogP contribution in [0.15, 0.2) is 0 Å². The highest BCUT2D eigenvalue weighted by atomic mass is 16.6. The third-order valence-electron chi connectivity index (χ3n) is 3.62. The van der Waals surface area contributed by atoms with Crippen LogP contribution in [0.3, 0.4) is 0 Å². The first-order valence-electron chi connectivity index (χ1n) is 9.26. The van der Waals surface area contributed by atoms with E-state index in [1.165, 1.54) is 38.5 Å². The maximum absolute atomic E-state index is 8.53. The Kier molecular flexibility index (Phi) is 19.7. The lowest BCUT2D eigenvalue weighted by Crippen LogP contribution is -2.15. The van der Waals surface area contributed by atoms with E-state index in [1.54, 1.807) is 0 Å². The van der Waals surface area contributed by atoms with E-state index in [2.05, 4.69) is 13.8 Å². The Morgan fingerprint density at radius 1 is 0.652 bits per heavy atom. The van der Waals surface area contributed by atoms with Crippen LogP contribution < -0.4 is 0 Å². The van der Waals surface area contributed by atoms with Crippen LogP contribution in [0, 0.1) is 5.92 Å². The van der Waals surface area contributed by atoms with Crippen LogP contribution in [-0.2, 0) is 18.9 Å². The molecule has 0 aliphatic rings. The molecule has 0 spiro atoms. The molecule has 0 aliphatic carbocycles. The Morgan fingerprint density at radius 2 is 1.22 bits per heavy atom. The molecule has 0 bridgehead atoms. The Balaban J connectivity index is 3.28. The van der Waals surface area contributed by atoms with E-state index in [-0.39, 0.29) is 6.61 Å². The standard InChI is InChI=1S/C18H38O5/c1-3-5-6-8-18(7-4-2)17-23-16-15-22-14-13-21-12-11-20-10-9-19/h18-19H,3-17H2,1-2H3. The molecule has 1 N–H and O–H groups in total. The predicted molar refractivity (Wildman–Crippen MR) is 92.9 cm³/mol. The Bertz CT molecular complexity index is 214. The lowest BCUT2D eigenvalue weighted by Gasteiger charge is -2.16. The summed E-state index contributed by atoms with van der Waals surface area (Å²) in [4.78, 5) is 0. The van der Waals surface area contributed by atoms with Crippen LogP contribution >= 0.6 is 0 Å². The van der Waals surface area contributed by atoms with Gasteiger partial charge in [0.1, 0.15) is 0 Å². The van der Waals surface area contributed by atoms with Gasteiger partial charge in [-0.3, -0.25) is 0 Å². The third-order valence-corrected chi connectivity index (χ3v) is 3.62. The maximum atomic E-state index is 8.53. The van der Waals surface area contributed by atoms with Crippen LogP contribution in [-0.4, -0.2) is 64.6 Å². The van der Waals surface area contributed by atoms with Crippen molar-refractivity contribution in [1.29, 1.82) is 0 Å². The number of hydrogen-bond acceptors (Lipinski definition) is 5. The minimum Gasteiger partial charge on any atom is -0.394 e. The van der Waals surface area contributed by atoms with Crippen LogP contribution in [0.25, 0.3) is 0 Å². The lowest BCUT2D eigenvalue weighted by atomic mass is 9.97. The van der Waals surface area contributed by atoms with Crippen molar-refractivity contribution in [2.75, 3.05) is 59.5 Å². The normalized spacial score (nSPS) is 12.7. The average molecular weight is 334 g/mol. The molecule has 0 aromatic carbocycles. The van der Waals surface area contributed by atoms with E-state index in [1.807, 2.05) is 0 Å². The molecule has 1 unspecified atom stereocenters. The second-order valence-corrected chi connectivity index (χ2v) is 5.79. The molecule has 1 atom stereocenters.